The van der Waals surface area contributed by atoms with Gasteiger partial charge in [-0.2, -0.15) is 0 Å². The summed E-state index contributed by atoms with van der Waals surface area (Å²) in [7, 11) is 1.36. The van der Waals surface area contributed by atoms with Gasteiger partial charge in [0.25, 0.3) is 0 Å². The molecule has 21 heavy (non-hydrogen) atoms. The maximum Gasteiger partial charge on any atom is 0.350 e. The average Bonchev–Trinajstić information content (AvgIpc) is 3.28. The van der Waals surface area contributed by atoms with Crippen LogP contribution in [0, 0.1) is 5.92 Å². The maximum absolute atomic E-state index is 12.2. The average molecular weight is 310 g/mol. The first kappa shape index (κ1) is 14.5. The Balaban J connectivity index is 1.73. The van der Waals surface area contributed by atoms with Gasteiger partial charge in [-0.15, -0.1) is 0 Å². The van der Waals surface area contributed by atoms with Crippen LogP contribution in [0.3, 0.4) is 0 Å². The number of hydrogen-bond donors (Lipinski definition) is 1. The highest BCUT2D eigenvalue weighted by atomic mass is 32.1. The van der Waals surface area contributed by atoms with Crippen molar-refractivity contribution in [2.24, 2.45) is 5.92 Å². The van der Waals surface area contributed by atoms with Gasteiger partial charge in [-0.3, -0.25) is 4.79 Å². The van der Waals surface area contributed by atoms with Crippen LogP contribution in [0.15, 0.2) is 0 Å². The fraction of sp³-hybridized carbons (Fsp3) is 0.643. The zero-order valence-corrected chi connectivity index (χ0v) is 12.7. The SMILES string of the molecule is COC(=O)c1sc(NC(=O)C2CCOCC2)nc1C1CC1. The van der Waals surface area contributed by atoms with Crippen molar-refractivity contribution >= 4 is 28.3 Å². The minimum Gasteiger partial charge on any atom is -0.465 e. The monoisotopic (exact) mass is 310 g/mol. The summed E-state index contributed by atoms with van der Waals surface area (Å²) in [5, 5.41) is 3.33. The first-order chi connectivity index (χ1) is 10.2. The minimum absolute atomic E-state index is 0.0337. The first-order valence-corrected chi connectivity index (χ1v) is 7.98. The lowest BCUT2D eigenvalue weighted by molar-refractivity contribution is -0.122. The van der Waals surface area contributed by atoms with Gasteiger partial charge in [0.15, 0.2) is 5.13 Å². The van der Waals surface area contributed by atoms with E-state index in [1.807, 2.05) is 0 Å². The van der Waals surface area contributed by atoms with Gasteiger partial charge >= 0.3 is 5.97 Å². The molecule has 3 rings (SSSR count). The summed E-state index contributed by atoms with van der Waals surface area (Å²) in [6.07, 6.45) is 3.55. The topological polar surface area (TPSA) is 77.5 Å². The predicted molar refractivity (Wildman–Crippen MR) is 77.6 cm³/mol. The van der Waals surface area contributed by atoms with Crippen LogP contribution in [0.2, 0.25) is 0 Å². The summed E-state index contributed by atoms with van der Waals surface area (Å²) in [4.78, 5) is 28.9. The molecule has 0 unspecified atom stereocenters. The molecule has 1 aliphatic carbocycles. The van der Waals surface area contributed by atoms with Crippen molar-refractivity contribution in [2.45, 2.75) is 31.6 Å². The summed E-state index contributed by atoms with van der Waals surface area (Å²) in [6, 6.07) is 0. The van der Waals surface area contributed by atoms with Crippen LogP contribution < -0.4 is 5.32 Å². The Labute approximate surface area is 126 Å². The molecule has 1 amide bonds. The number of amides is 1. The Kier molecular flexibility index (Phi) is 4.21. The highest BCUT2D eigenvalue weighted by molar-refractivity contribution is 7.17. The molecule has 2 aliphatic rings. The number of aromatic nitrogens is 1. The molecule has 0 atom stereocenters. The Bertz CT molecular complexity index is 547. The molecule has 7 heteroatoms. The van der Waals surface area contributed by atoms with Gasteiger partial charge in [-0.1, -0.05) is 11.3 Å². The summed E-state index contributed by atoms with van der Waals surface area (Å²) in [5.41, 5.74) is 0.772. The number of hydrogen-bond acceptors (Lipinski definition) is 6. The van der Waals surface area contributed by atoms with E-state index in [1.165, 1.54) is 18.4 Å². The molecule has 1 N–H and O–H groups in total. The van der Waals surface area contributed by atoms with Gasteiger partial charge in [0.1, 0.15) is 4.88 Å². The Morgan fingerprint density at radius 3 is 2.62 bits per heavy atom. The van der Waals surface area contributed by atoms with Gasteiger partial charge in [0.05, 0.1) is 12.8 Å². The van der Waals surface area contributed by atoms with Crippen molar-refractivity contribution < 1.29 is 19.1 Å². The number of nitrogens with one attached hydrogen (secondary N) is 1. The number of thiazole rings is 1. The molecule has 2 fully saturated rings. The van der Waals surface area contributed by atoms with Crippen LogP contribution in [-0.2, 0) is 14.3 Å². The molecule has 1 aromatic rings. The zero-order chi connectivity index (χ0) is 14.8. The van der Waals surface area contributed by atoms with E-state index in [0.717, 1.165) is 31.4 Å². The molecule has 114 valence electrons. The molecule has 0 radical (unpaired) electrons. The van der Waals surface area contributed by atoms with Gasteiger partial charge in [0.2, 0.25) is 5.91 Å². The van der Waals surface area contributed by atoms with Crippen molar-refractivity contribution in [1.82, 2.24) is 4.98 Å². The lowest BCUT2D eigenvalue weighted by Gasteiger charge is -2.20. The minimum atomic E-state index is -0.374. The number of anilines is 1. The van der Waals surface area contributed by atoms with Crippen LogP contribution in [0.5, 0.6) is 0 Å². The molecule has 1 aliphatic heterocycles. The highest BCUT2D eigenvalue weighted by Crippen LogP contribution is 2.43. The molecular formula is C14H18N2O4S. The van der Waals surface area contributed by atoms with E-state index in [1.54, 1.807) is 0 Å². The Morgan fingerprint density at radius 2 is 2.00 bits per heavy atom. The smallest absolute Gasteiger partial charge is 0.350 e. The fourth-order valence-electron chi connectivity index (χ4n) is 2.43. The van der Waals surface area contributed by atoms with E-state index >= 15 is 0 Å². The van der Waals surface area contributed by atoms with Crippen molar-refractivity contribution in [2.75, 3.05) is 25.6 Å². The second-order valence-corrected chi connectivity index (χ2v) is 6.37. The van der Waals surface area contributed by atoms with E-state index < -0.39 is 0 Å². The number of carbonyl (C=O) groups is 2. The molecule has 1 saturated carbocycles. The number of carbonyl (C=O) groups excluding carboxylic acids is 2. The summed E-state index contributed by atoms with van der Waals surface area (Å²) in [5.74, 6) is -0.107. The number of ether oxygens (including phenoxy) is 2. The van der Waals surface area contributed by atoms with Gasteiger partial charge in [-0.05, 0) is 25.7 Å². The van der Waals surface area contributed by atoms with E-state index in [-0.39, 0.29) is 17.8 Å². The van der Waals surface area contributed by atoms with Crippen LogP contribution in [0.25, 0.3) is 0 Å². The Hall–Kier alpha value is -1.47. The standard InChI is InChI=1S/C14H18N2O4S/c1-19-13(18)11-10(8-2-3-8)15-14(21-11)16-12(17)9-4-6-20-7-5-9/h8-9H,2-7H2,1H3,(H,15,16,17). The van der Waals surface area contributed by atoms with Crippen LogP contribution >= 0.6 is 11.3 Å². The molecular weight excluding hydrogens is 292 g/mol. The lowest BCUT2D eigenvalue weighted by Crippen LogP contribution is -2.28. The number of esters is 1. The molecule has 2 heterocycles. The first-order valence-electron chi connectivity index (χ1n) is 7.16. The van der Waals surface area contributed by atoms with Gasteiger partial charge in [-0.25, -0.2) is 9.78 Å². The molecule has 1 saturated heterocycles. The van der Waals surface area contributed by atoms with E-state index in [0.29, 0.717) is 29.1 Å². The maximum atomic E-state index is 12.2. The van der Waals surface area contributed by atoms with E-state index in [4.69, 9.17) is 9.47 Å². The molecule has 0 bridgehead atoms. The van der Waals surface area contributed by atoms with Crippen LogP contribution in [0.1, 0.15) is 47.0 Å². The van der Waals surface area contributed by atoms with Gasteiger partial charge < -0.3 is 14.8 Å². The van der Waals surface area contributed by atoms with Crippen LogP contribution in [-0.4, -0.2) is 37.2 Å². The third-order valence-electron chi connectivity index (χ3n) is 3.81. The van der Waals surface area contributed by atoms with Crippen LogP contribution in [0.4, 0.5) is 5.13 Å². The van der Waals surface area contributed by atoms with E-state index in [9.17, 15) is 9.59 Å². The number of nitrogens with zero attached hydrogens (tertiary/aromatic N) is 1. The third kappa shape index (κ3) is 3.24. The summed E-state index contributed by atoms with van der Waals surface area (Å²) < 4.78 is 10.0. The number of methoxy groups -OCH3 is 1. The number of rotatable bonds is 4. The molecule has 0 spiro atoms. The highest BCUT2D eigenvalue weighted by Gasteiger charge is 2.33. The molecule has 6 nitrogen and oxygen atoms in total. The predicted octanol–water partition coefficient (Wildman–Crippen LogP) is 2.17. The summed E-state index contributed by atoms with van der Waals surface area (Å²) in [6.45, 7) is 1.24. The third-order valence-corrected chi connectivity index (χ3v) is 4.78. The summed E-state index contributed by atoms with van der Waals surface area (Å²) >= 11 is 1.20. The quantitative estimate of drug-likeness (QED) is 0.862. The lowest BCUT2D eigenvalue weighted by atomic mass is 10.00. The van der Waals surface area contributed by atoms with Crippen molar-refractivity contribution in [3.05, 3.63) is 10.6 Å². The van der Waals surface area contributed by atoms with Crippen molar-refractivity contribution in [3.63, 3.8) is 0 Å². The fourth-order valence-corrected chi connectivity index (χ4v) is 3.40. The van der Waals surface area contributed by atoms with Gasteiger partial charge in [0, 0.05) is 25.0 Å². The van der Waals surface area contributed by atoms with E-state index in [2.05, 4.69) is 10.3 Å². The molecule has 1 aromatic heterocycles. The Morgan fingerprint density at radius 1 is 1.29 bits per heavy atom. The molecule has 0 aromatic carbocycles. The normalized spacial score (nSPS) is 19.3. The second-order valence-electron chi connectivity index (χ2n) is 5.38. The zero-order valence-electron chi connectivity index (χ0n) is 11.9. The van der Waals surface area contributed by atoms with Crippen molar-refractivity contribution in [1.29, 1.82) is 0 Å². The second kappa shape index (κ2) is 6.11. The van der Waals surface area contributed by atoms with Crippen molar-refractivity contribution in [3.8, 4) is 0 Å². The largest absolute Gasteiger partial charge is 0.465 e.